The molecular weight excluding hydrogens is 274 g/mol. The highest BCUT2D eigenvalue weighted by atomic mass is 32.1. The summed E-state index contributed by atoms with van der Waals surface area (Å²) in [4.78, 5) is 22.0. The largest absolute Gasteiger partial charge is 0.461 e. The first-order valence-corrected chi connectivity index (χ1v) is 8.02. The van der Waals surface area contributed by atoms with Crippen LogP contribution in [-0.2, 0) is 4.74 Å². The van der Waals surface area contributed by atoms with Gasteiger partial charge in [0.15, 0.2) is 10.8 Å². The zero-order valence-electron chi connectivity index (χ0n) is 12.7. The molecule has 0 bridgehead atoms. The number of aryl methyl sites for hydroxylation is 1. The third-order valence-electron chi connectivity index (χ3n) is 3.70. The Labute approximate surface area is 124 Å². The first kappa shape index (κ1) is 15.3. The van der Waals surface area contributed by atoms with Gasteiger partial charge in [0.2, 0.25) is 0 Å². The van der Waals surface area contributed by atoms with Crippen molar-refractivity contribution in [3.05, 3.63) is 10.6 Å². The second-order valence-corrected chi connectivity index (χ2v) is 6.23. The summed E-state index contributed by atoms with van der Waals surface area (Å²) in [6.07, 6.45) is 0. The Balaban J connectivity index is 2.11. The standard InChI is InChI=1S/C14H23N3O2S/c1-5-16-7-8-17(9-10(16)3)14-15-12(11(4)20-14)13(18)19-6-2/h10H,5-9H2,1-4H3. The van der Waals surface area contributed by atoms with E-state index >= 15 is 0 Å². The molecule has 0 amide bonds. The minimum Gasteiger partial charge on any atom is -0.461 e. The number of ether oxygens (including phenoxy) is 1. The summed E-state index contributed by atoms with van der Waals surface area (Å²) in [5.74, 6) is -0.312. The molecule has 1 fully saturated rings. The minimum atomic E-state index is -0.312. The van der Waals surface area contributed by atoms with Crippen molar-refractivity contribution < 1.29 is 9.53 Å². The Morgan fingerprint density at radius 3 is 2.80 bits per heavy atom. The maximum Gasteiger partial charge on any atom is 0.358 e. The van der Waals surface area contributed by atoms with Gasteiger partial charge in [0.25, 0.3) is 0 Å². The van der Waals surface area contributed by atoms with Crippen LogP contribution in [0.15, 0.2) is 0 Å². The van der Waals surface area contributed by atoms with Crippen molar-refractivity contribution in [2.75, 3.05) is 37.7 Å². The molecule has 2 heterocycles. The average Bonchev–Trinajstić information content (AvgIpc) is 2.81. The third kappa shape index (κ3) is 3.12. The molecule has 1 aliphatic rings. The predicted octanol–water partition coefficient (Wildman–Crippen LogP) is 2.16. The maximum atomic E-state index is 11.8. The van der Waals surface area contributed by atoms with Crippen LogP contribution in [0.4, 0.5) is 5.13 Å². The number of thiazole rings is 1. The lowest BCUT2D eigenvalue weighted by Crippen LogP contribution is -2.51. The molecular formula is C14H23N3O2S. The normalized spacial score (nSPS) is 20.2. The van der Waals surface area contributed by atoms with Crippen LogP contribution in [0.5, 0.6) is 0 Å². The van der Waals surface area contributed by atoms with E-state index < -0.39 is 0 Å². The SMILES string of the molecule is CCOC(=O)c1nc(N2CCN(CC)C(C)C2)sc1C. The number of aromatic nitrogens is 1. The van der Waals surface area contributed by atoms with Crippen LogP contribution in [0.1, 0.15) is 36.1 Å². The molecule has 0 aromatic carbocycles. The van der Waals surface area contributed by atoms with Crippen molar-refractivity contribution >= 4 is 22.4 Å². The number of hydrogen-bond acceptors (Lipinski definition) is 6. The number of nitrogens with zero attached hydrogens (tertiary/aromatic N) is 3. The molecule has 0 saturated carbocycles. The van der Waals surface area contributed by atoms with E-state index in [1.165, 1.54) is 0 Å². The van der Waals surface area contributed by atoms with E-state index in [-0.39, 0.29) is 5.97 Å². The number of rotatable bonds is 4. The number of anilines is 1. The number of piperazine rings is 1. The molecule has 1 atom stereocenters. The molecule has 1 aromatic rings. The molecule has 0 aliphatic carbocycles. The van der Waals surface area contributed by atoms with Crippen molar-refractivity contribution in [1.82, 2.24) is 9.88 Å². The predicted molar refractivity (Wildman–Crippen MR) is 81.7 cm³/mol. The van der Waals surface area contributed by atoms with E-state index in [1.54, 1.807) is 11.3 Å². The second-order valence-electron chi connectivity index (χ2n) is 5.05. The number of likely N-dealkylation sites (N-methyl/N-ethyl adjacent to an activating group) is 1. The van der Waals surface area contributed by atoms with Gasteiger partial charge in [-0.15, -0.1) is 11.3 Å². The Hall–Kier alpha value is -1.14. The second kappa shape index (κ2) is 6.54. The van der Waals surface area contributed by atoms with Crippen LogP contribution in [0, 0.1) is 6.92 Å². The monoisotopic (exact) mass is 297 g/mol. The number of carbonyl (C=O) groups is 1. The zero-order valence-corrected chi connectivity index (χ0v) is 13.5. The van der Waals surface area contributed by atoms with Crippen LogP contribution in [0.25, 0.3) is 0 Å². The van der Waals surface area contributed by atoms with Gasteiger partial charge in [-0.3, -0.25) is 4.90 Å². The van der Waals surface area contributed by atoms with E-state index in [4.69, 9.17) is 4.74 Å². The van der Waals surface area contributed by atoms with E-state index in [0.29, 0.717) is 18.3 Å². The highest BCUT2D eigenvalue weighted by Gasteiger charge is 2.26. The van der Waals surface area contributed by atoms with Crippen LogP contribution in [-0.4, -0.2) is 54.7 Å². The molecule has 2 rings (SSSR count). The molecule has 1 unspecified atom stereocenters. The molecule has 0 spiro atoms. The topological polar surface area (TPSA) is 45.7 Å². The summed E-state index contributed by atoms with van der Waals surface area (Å²) in [6, 6.07) is 0.518. The van der Waals surface area contributed by atoms with Gasteiger partial charge in [-0.2, -0.15) is 0 Å². The van der Waals surface area contributed by atoms with Crippen molar-refractivity contribution in [2.45, 2.75) is 33.7 Å². The summed E-state index contributed by atoms with van der Waals surface area (Å²) >= 11 is 1.58. The van der Waals surface area contributed by atoms with E-state index in [2.05, 4.69) is 28.6 Å². The van der Waals surface area contributed by atoms with Gasteiger partial charge in [0.1, 0.15) is 0 Å². The highest BCUT2D eigenvalue weighted by Crippen LogP contribution is 2.28. The van der Waals surface area contributed by atoms with E-state index in [0.717, 1.165) is 36.2 Å². The van der Waals surface area contributed by atoms with Crippen LogP contribution < -0.4 is 4.90 Å². The summed E-state index contributed by atoms with van der Waals surface area (Å²) in [7, 11) is 0. The molecule has 1 saturated heterocycles. The fourth-order valence-electron chi connectivity index (χ4n) is 2.55. The first-order valence-electron chi connectivity index (χ1n) is 7.20. The number of hydrogen-bond donors (Lipinski definition) is 0. The molecule has 1 aromatic heterocycles. The van der Waals surface area contributed by atoms with Crippen LogP contribution in [0.2, 0.25) is 0 Å². The zero-order chi connectivity index (χ0) is 14.7. The van der Waals surface area contributed by atoms with Gasteiger partial charge in [-0.25, -0.2) is 9.78 Å². The summed E-state index contributed by atoms with van der Waals surface area (Å²) < 4.78 is 5.04. The van der Waals surface area contributed by atoms with Gasteiger partial charge in [-0.1, -0.05) is 6.92 Å². The van der Waals surface area contributed by atoms with E-state index in [9.17, 15) is 4.79 Å². The lowest BCUT2D eigenvalue weighted by molar-refractivity contribution is 0.0519. The van der Waals surface area contributed by atoms with Gasteiger partial charge in [0, 0.05) is 30.6 Å². The van der Waals surface area contributed by atoms with Gasteiger partial charge < -0.3 is 9.64 Å². The van der Waals surface area contributed by atoms with Gasteiger partial charge in [-0.05, 0) is 27.3 Å². The van der Waals surface area contributed by atoms with Crippen LogP contribution >= 0.6 is 11.3 Å². The van der Waals surface area contributed by atoms with Gasteiger partial charge in [0.05, 0.1) is 6.61 Å². The van der Waals surface area contributed by atoms with Crippen LogP contribution in [0.3, 0.4) is 0 Å². The molecule has 0 N–H and O–H groups in total. The fourth-order valence-corrected chi connectivity index (χ4v) is 3.48. The maximum absolute atomic E-state index is 11.8. The average molecular weight is 297 g/mol. The Morgan fingerprint density at radius 1 is 1.45 bits per heavy atom. The number of carbonyl (C=O) groups excluding carboxylic acids is 1. The molecule has 112 valence electrons. The minimum absolute atomic E-state index is 0.312. The lowest BCUT2D eigenvalue weighted by Gasteiger charge is -2.39. The quantitative estimate of drug-likeness (QED) is 0.797. The van der Waals surface area contributed by atoms with Crippen molar-refractivity contribution in [1.29, 1.82) is 0 Å². The Morgan fingerprint density at radius 2 is 2.20 bits per heavy atom. The third-order valence-corrected chi connectivity index (χ3v) is 4.73. The van der Waals surface area contributed by atoms with E-state index in [1.807, 2.05) is 13.8 Å². The van der Waals surface area contributed by atoms with Crippen molar-refractivity contribution in [3.63, 3.8) is 0 Å². The first-order chi connectivity index (χ1) is 9.56. The number of esters is 1. The molecule has 20 heavy (non-hydrogen) atoms. The highest BCUT2D eigenvalue weighted by molar-refractivity contribution is 7.15. The molecule has 0 radical (unpaired) electrons. The Kier molecular flexibility index (Phi) is 4.99. The van der Waals surface area contributed by atoms with Crippen molar-refractivity contribution in [3.8, 4) is 0 Å². The van der Waals surface area contributed by atoms with Crippen molar-refractivity contribution in [2.24, 2.45) is 0 Å². The summed E-state index contributed by atoms with van der Waals surface area (Å²) in [5.41, 5.74) is 0.470. The molecule has 5 nitrogen and oxygen atoms in total. The molecule has 6 heteroatoms. The van der Waals surface area contributed by atoms with Gasteiger partial charge >= 0.3 is 5.97 Å². The summed E-state index contributed by atoms with van der Waals surface area (Å²) in [6.45, 7) is 12.6. The molecule has 1 aliphatic heterocycles. The lowest BCUT2D eigenvalue weighted by atomic mass is 10.2. The Bertz CT molecular complexity index is 475. The smallest absolute Gasteiger partial charge is 0.358 e. The fraction of sp³-hybridized carbons (Fsp3) is 0.714. The summed E-state index contributed by atoms with van der Waals surface area (Å²) in [5, 5.41) is 0.938.